The number of hydrogen-bond acceptors (Lipinski definition) is 6. The Labute approximate surface area is 109 Å². The van der Waals surface area contributed by atoms with Gasteiger partial charge in [0, 0.05) is 23.5 Å². The molecule has 3 rings (SSSR count). The van der Waals surface area contributed by atoms with Crippen molar-refractivity contribution in [2.24, 2.45) is 5.73 Å². The van der Waals surface area contributed by atoms with E-state index in [1.54, 1.807) is 12.4 Å². The second-order valence-electron chi connectivity index (χ2n) is 4.41. The second kappa shape index (κ2) is 4.68. The zero-order valence-corrected chi connectivity index (χ0v) is 10.1. The van der Waals surface area contributed by atoms with Crippen molar-refractivity contribution in [1.29, 1.82) is 5.26 Å². The van der Waals surface area contributed by atoms with Crippen molar-refractivity contribution in [3.63, 3.8) is 0 Å². The number of ether oxygens (including phenoxy) is 2. The molecular weight excluding hydrogens is 248 g/mol. The molecule has 0 bridgehead atoms. The molecule has 0 spiro atoms. The van der Waals surface area contributed by atoms with Crippen molar-refractivity contribution >= 4 is 5.57 Å². The summed E-state index contributed by atoms with van der Waals surface area (Å²) in [5, 5.41) is 18.1. The Hall–Kier alpha value is -1.85. The Morgan fingerprint density at radius 1 is 1.63 bits per heavy atom. The fourth-order valence-corrected chi connectivity index (χ4v) is 2.37. The number of aromatic nitrogens is 1. The highest BCUT2D eigenvalue weighted by molar-refractivity contribution is 5.71. The van der Waals surface area contributed by atoms with Crippen LogP contribution < -0.4 is 5.73 Å². The molecule has 0 aromatic carbocycles. The van der Waals surface area contributed by atoms with E-state index in [1.807, 2.05) is 12.3 Å². The first kappa shape index (κ1) is 12.2. The number of aromatic amines is 1. The molecule has 1 saturated heterocycles. The van der Waals surface area contributed by atoms with E-state index in [-0.39, 0.29) is 12.7 Å². The van der Waals surface area contributed by atoms with Crippen LogP contribution >= 0.6 is 0 Å². The molecule has 3 atom stereocenters. The molecular formula is C12H14N4O3. The Morgan fingerprint density at radius 2 is 2.47 bits per heavy atom. The molecule has 0 aliphatic carbocycles. The summed E-state index contributed by atoms with van der Waals surface area (Å²) in [5.41, 5.74) is 8.49. The first-order valence-corrected chi connectivity index (χ1v) is 5.95. The van der Waals surface area contributed by atoms with Gasteiger partial charge in [-0.25, -0.2) is 0 Å². The SMILES string of the molecule is N#CN1C=C([C@@H]2CO[C@@H](CO)O2)c2[nH]ccc2C1N. The van der Waals surface area contributed by atoms with Gasteiger partial charge in [-0.1, -0.05) is 0 Å². The van der Waals surface area contributed by atoms with Crippen LogP contribution in [0.4, 0.5) is 0 Å². The normalized spacial score (nSPS) is 29.8. The molecule has 3 heterocycles. The van der Waals surface area contributed by atoms with E-state index in [2.05, 4.69) is 4.98 Å². The third-order valence-corrected chi connectivity index (χ3v) is 3.33. The lowest BCUT2D eigenvalue weighted by Crippen LogP contribution is -2.32. The first-order chi connectivity index (χ1) is 9.24. The highest BCUT2D eigenvalue weighted by atomic mass is 16.7. The number of nitrogens with two attached hydrogens (primary N) is 1. The van der Waals surface area contributed by atoms with Gasteiger partial charge in [0.1, 0.15) is 12.3 Å². The molecule has 1 aromatic heterocycles. The summed E-state index contributed by atoms with van der Waals surface area (Å²) in [6.07, 6.45) is 4.04. The number of nitrogens with one attached hydrogen (secondary N) is 1. The van der Waals surface area contributed by atoms with E-state index >= 15 is 0 Å². The molecule has 2 aliphatic heterocycles. The van der Waals surface area contributed by atoms with Crippen molar-refractivity contribution in [3.05, 3.63) is 29.7 Å². The number of H-pyrrole nitrogens is 1. The number of aliphatic hydroxyl groups excluding tert-OH is 1. The Kier molecular flexibility index (Phi) is 3.00. The summed E-state index contributed by atoms with van der Waals surface area (Å²) < 4.78 is 10.9. The largest absolute Gasteiger partial charge is 0.391 e. The topological polar surface area (TPSA) is 108 Å². The standard InChI is InChI=1S/C12H14N4O3/c13-6-16-3-8(9-5-18-10(4-17)19-9)11-7(12(16)14)1-2-15-11/h1-3,9-10,12,15,17H,4-5,14H2/t9-,10+,12?/m0/s1. The Bertz CT molecular complexity index is 547. The van der Waals surface area contributed by atoms with Gasteiger partial charge in [0.15, 0.2) is 12.5 Å². The Morgan fingerprint density at radius 3 is 3.16 bits per heavy atom. The van der Waals surface area contributed by atoms with Gasteiger partial charge in [0.2, 0.25) is 0 Å². The highest BCUT2D eigenvalue weighted by Gasteiger charge is 2.35. The molecule has 7 heteroatoms. The summed E-state index contributed by atoms with van der Waals surface area (Å²) in [6, 6.07) is 1.84. The molecule has 0 radical (unpaired) electrons. The molecule has 2 aliphatic rings. The summed E-state index contributed by atoms with van der Waals surface area (Å²) in [5.74, 6) is 0. The van der Waals surface area contributed by atoms with E-state index in [0.717, 1.165) is 16.8 Å². The summed E-state index contributed by atoms with van der Waals surface area (Å²) in [7, 11) is 0. The van der Waals surface area contributed by atoms with Gasteiger partial charge in [0.05, 0.1) is 18.9 Å². The molecule has 7 nitrogen and oxygen atoms in total. The maximum Gasteiger partial charge on any atom is 0.185 e. The van der Waals surface area contributed by atoms with Crippen LogP contribution in [-0.4, -0.2) is 40.6 Å². The van der Waals surface area contributed by atoms with E-state index in [0.29, 0.717) is 6.61 Å². The zero-order valence-electron chi connectivity index (χ0n) is 10.1. The van der Waals surface area contributed by atoms with E-state index in [9.17, 15) is 0 Å². The van der Waals surface area contributed by atoms with Gasteiger partial charge >= 0.3 is 0 Å². The van der Waals surface area contributed by atoms with Crippen molar-refractivity contribution in [3.8, 4) is 6.19 Å². The predicted octanol–water partition coefficient (Wildman–Crippen LogP) is -0.157. The van der Waals surface area contributed by atoms with Gasteiger partial charge in [0.25, 0.3) is 0 Å². The van der Waals surface area contributed by atoms with E-state index < -0.39 is 12.5 Å². The fourth-order valence-electron chi connectivity index (χ4n) is 2.37. The van der Waals surface area contributed by atoms with Crippen LogP contribution in [0.3, 0.4) is 0 Å². The first-order valence-electron chi connectivity index (χ1n) is 5.95. The quantitative estimate of drug-likeness (QED) is 0.639. The summed E-state index contributed by atoms with van der Waals surface area (Å²) >= 11 is 0. The van der Waals surface area contributed by atoms with E-state index in [1.165, 1.54) is 4.90 Å². The number of hydrogen-bond donors (Lipinski definition) is 3. The maximum absolute atomic E-state index is 9.11. The van der Waals surface area contributed by atoms with Crippen LogP contribution in [0.15, 0.2) is 18.5 Å². The van der Waals surface area contributed by atoms with Gasteiger partial charge in [-0.15, -0.1) is 0 Å². The smallest absolute Gasteiger partial charge is 0.185 e. The lowest BCUT2D eigenvalue weighted by Gasteiger charge is -2.28. The van der Waals surface area contributed by atoms with Gasteiger partial charge in [-0.3, -0.25) is 4.90 Å². The average Bonchev–Trinajstić information content (AvgIpc) is 3.08. The minimum absolute atomic E-state index is 0.192. The van der Waals surface area contributed by atoms with Crippen molar-refractivity contribution < 1.29 is 14.6 Å². The lowest BCUT2D eigenvalue weighted by molar-refractivity contribution is -0.0813. The van der Waals surface area contributed by atoms with Crippen molar-refractivity contribution in [2.45, 2.75) is 18.6 Å². The van der Waals surface area contributed by atoms with Gasteiger partial charge in [-0.2, -0.15) is 5.26 Å². The van der Waals surface area contributed by atoms with Crippen LogP contribution in [0.2, 0.25) is 0 Å². The fraction of sp³-hybridized carbons (Fsp3) is 0.417. The second-order valence-corrected chi connectivity index (χ2v) is 4.41. The van der Waals surface area contributed by atoms with Gasteiger partial charge in [-0.05, 0) is 6.07 Å². The third-order valence-electron chi connectivity index (χ3n) is 3.33. The van der Waals surface area contributed by atoms with Crippen LogP contribution in [0.1, 0.15) is 17.4 Å². The monoisotopic (exact) mass is 262 g/mol. The summed E-state index contributed by atoms with van der Waals surface area (Å²) in [6.45, 7) is 0.146. The van der Waals surface area contributed by atoms with Crippen LogP contribution in [-0.2, 0) is 9.47 Å². The predicted molar refractivity (Wildman–Crippen MR) is 64.8 cm³/mol. The average molecular weight is 262 g/mol. The molecule has 1 aromatic rings. The number of nitriles is 1. The molecule has 1 fully saturated rings. The van der Waals surface area contributed by atoms with E-state index in [4.69, 9.17) is 25.6 Å². The molecule has 0 amide bonds. The van der Waals surface area contributed by atoms with Crippen LogP contribution in [0, 0.1) is 11.5 Å². The molecule has 19 heavy (non-hydrogen) atoms. The summed E-state index contributed by atoms with van der Waals surface area (Å²) in [4.78, 5) is 4.49. The Balaban J connectivity index is 1.94. The number of aliphatic hydroxyl groups is 1. The number of nitrogens with zero attached hydrogens (tertiary/aromatic N) is 2. The third kappa shape index (κ3) is 1.91. The van der Waals surface area contributed by atoms with Crippen molar-refractivity contribution in [2.75, 3.05) is 13.2 Å². The molecule has 0 saturated carbocycles. The minimum Gasteiger partial charge on any atom is -0.391 e. The lowest BCUT2D eigenvalue weighted by atomic mass is 9.99. The molecule has 4 N–H and O–H groups in total. The van der Waals surface area contributed by atoms with Crippen molar-refractivity contribution in [1.82, 2.24) is 9.88 Å². The van der Waals surface area contributed by atoms with Gasteiger partial charge < -0.3 is 25.3 Å². The molecule has 1 unspecified atom stereocenters. The zero-order chi connectivity index (χ0) is 13.4. The number of fused-ring (bicyclic) bond motifs is 1. The minimum atomic E-state index is -0.615. The highest BCUT2D eigenvalue weighted by Crippen LogP contribution is 2.35. The van der Waals surface area contributed by atoms with Crippen LogP contribution in [0.25, 0.3) is 5.57 Å². The van der Waals surface area contributed by atoms with Crippen LogP contribution in [0.5, 0.6) is 0 Å². The molecule has 100 valence electrons. The number of rotatable bonds is 2. The maximum atomic E-state index is 9.11.